The molecular weight excluding hydrogens is 342 g/mol. The molecule has 1 aromatic rings. The van der Waals surface area contributed by atoms with E-state index in [1.165, 1.54) is 40.3 Å². The van der Waals surface area contributed by atoms with Gasteiger partial charge >= 0.3 is 0 Å². The number of fused-ring (bicyclic) bond motifs is 3. The third kappa shape index (κ3) is 3.57. The zero-order valence-corrected chi connectivity index (χ0v) is 15.1. The van der Waals surface area contributed by atoms with E-state index in [2.05, 4.69) is 27.6 Å². The normalized spacial score (nSPS) is 17.5. The Kier molecular flexibility index (Phi) is 5.73. The van der Waals surface area contributed by atoms with Gasteiger partial charge in [-0.25, -0.2) is 4.99 Å². The maximum atomic E-state index is 6.37. The lowest BCUT2D eigenvalue weighted by atomic mass is 9.94. The lowest BCUT2D eigenvalue weighted by Gasteiger charge is -2.20. The van der Waals surface area contributed by atoms with E-state index in [4.69, 9.17) is 17.4 Å². The second kappa shape index (κ2) is 7.98. The Labute approximate surface area is 151 Å². The number of allylic oxidation sites excluding steroid dienone is 3. The van der Waals surface area contributed by atoms with E-state index < -0.39 is 0 Å². The molecule has 0 unspecified atom stereocenters. The van der Waals surface area contributed by atoms with Crippen molar-refractivity contribution < 1.29 is 0 Å². The summed E-state index contributed by atoms with van der Waals surface area (Å²) >= 11 is 8.23. The number of hydrazine groups is 1. The van der Waals surface area contributed by atoms with E-state index >= 15 is 0 Å². The van der Waals surface area contributed by atoms with Crippen molar-refractivity contribution >= 4 is 33.8 Å². The zero-order valence-electron chi connectivity index (χ0n) is 13.5. The average Bonchev–Trinajstić information content (AvgIpc) is 2.99. The van der Waals surface area contributed by atoms with E-state index in [0.29, 0.717) is 18.2 Å². The van der Waals surface area contributed by atoms with E-state index in [-0.39, 0.29) is 0 Å². The Morgan fingerprint density at radius 2 is 2.25 bits per heavy atom. The summed E-state index contributed by atoms with van der Waals surface area (Å²) in [5, 5.41) is 8.55. The van der Waals surface area contributed by atoms with Gasteiger partial charge in [0.2, 0.25) is 0 Å². The standard InChI is InChI=1S/C17H22ClN5S/c1-2-13(12(18)7-5-9-22-19)23-16-15-11-6-3-4-8-14(11)24-17(15)21-10-20-16/h2,5,7,21-22H,1,3-4,6,8-10,19H2,(H,20,23)/b7-5+,13-12-. The topological polar surface area (TPSA) is 74.5 Å². The van der Waals surface area contributed by atoms with Crippen molar-refractivity contribution in [3.05, 3.63) is 51.5 Å². The van der Waals surface area contributed by atoms with Gasteiger partial charge in [0.05, 0.1) is 16.3 Å². The van der Waals surface area contributed by atoms with Crippen LogP contribution in [-0.4, -0.2) is 19.0 Å². The Morgan fingerprint density at radius 1 is 1.42 bits per heavy atom. The van der Waals surface area contributed by atoms with Gasteiger partial charge in [-0.05, 0) is 43.4 Å². The fourth-order valence-electron chi connectivity index (χ4n) is 2.97. The Hall–Kier alpha value is -1.60. The predicted molar refractivity (Wildman–Crippen MR) is 104 cm³/mol. The highest BCUT2D eigenvalue weighted by Crippen LogP contribution is 2.39. The van der Waals surface area contributed by atoms with Crippen LogP contribution in [0.15, 0.2) is 40.5 Å². The molecule has 1 aliphatic heterocycles. The van der Waals surface area contributed by atoms with Gasteiger partial charge in [0.15, 0.2) is 0 Å². The summed E-state index contributed by atoms with van der Waals surface area (Å²) < 4.78 is 0. The molecule has 0 radical (unpaired) electrons. The first-order chi connectivity index (χ1) is 11.7. The van der Waals surface area contributed by atoms with Crippen LogP contribution in [0.5, 0.6) is 0 Å². The molecule has 0 atom stereocenters. The molecule has 0 fully saturated rings. The molecule has 0 aromatic carbocycles. The van der Waals surface area contributed by atoms with Crippen LogP contribution in [0.4, 0.5) is 5.00 Å². The minimum Gasteiger partial charge on any atom is -0.357 e. The molecule has 7 heteroatoms. The fourth-order valence-corrected chi connectivity index (χ4v) is 4.46. The summed E-state index contributed by atoms with van der Waals surface area (Å²) in [5.74, 6) is 6.13. The molecule has 5 N–H and O–H groups in total. The van der Waals surface area contributed by atoms with Gasteiger partial charge in [0.25, 0.3) is 0 Å². The SMILES string of the molecule is C=C/C(NC1=NCNc2sc3c(c21)CCCC3)=C(Cl)\C=C\CNN. The van der Waals surface area contributed by atoms with Crippen molar-refractivity contribution in [3.63, 3.8) is 0 Å². The monoisotopic (exact) mass is 363 g/mol. The van der Waals surface area contributed by atoms with Crippen molar-refractivity contribution in [1.29, 1.82) is 0 Å². The zero-order chi connectivity index (χ0) is 16.9. The largest absolute Gasteiger partial charge is 0.357 e. The van der Waals surface area contributed by atoms with Crippen molar-refractivity contribution in [2.45, 2.75) is 25.7 Å². The Morgan fingerprint density at radius 3 is 3.04 bits per heavy atom. The number of aryl methyl sites for hydroxylation is 1. The Balaban J connectivity index is 1.88. The number of rotatable bonds is 5. The summed E-state index contributed by atoms with van der Waals surface area (Å²) in [5.41, 5.74) is 5.94. The number of amidine groups is 1. The molecule has 0 bridgehead atoms. The molecule has 1 aromatic heterocycles. The van der Waals surface area contributed by atoms with Crippen molar-refractivity contribution in [2.24, 2.45) is 10.8 Å². The first-order valence-electron chi connectivity index (χ1n) is 8.07. The van der Waals surface area contributed by atoms with E-state index in [9.17, 15) is 0 Å². The lowest BCUT2D eigenvalue weighted by molar-refractivity contribution is 0.696. The van der Waals surface area contributed by atoms with Gasteiger partial charge in [-0.2, -0.15) is 0 Å². The third-order valence-electron chi connectivity index (χ3n) is 4.10. The van der Waals surface area contributed by atoms with Gasteiger partial charge in [-0.1, -0.05) is 24.3 Å². The third-order valence-corrected chi connectivity index (χ3v) is 5.68. The number of aliphatic imine (C=N–C) groups is 1. The van der Waals surface area contributed by atoms with Crippen LogP contribution in [0.3, 0.4) is 0 Å². The van der Waals surface area contributed by atoms with Crippen molar-refractivity contribution in [1.82, 2.24) is 10.7 Å². The van der Waals surface area contributed by atoms with Gasteiger partial charge < -0.3 is 10.6 Å². The molecule has 0 amide bonds. The predicted octanol–water partition coefficient (Wildman–Crippen LogP) is 3.00. The van der Waals surface area contributed by atoms with Crippen molar-refractivity contribution in [3.8, 4) is 0 Å². The summed E-state index contributed by atoms with van der Waals surface area (Å²) in [4.78, 5) is 6.11. The molecule has 128 valence electrons. The van der Waals surface area contributed by atoms with Gasteiger partial charge in [-0.3, -0.25) is 11.3 Å². The molecule has 0 spiro atoms. The van der Waals surface area contributed by atoms with E-state index in [0.717, 1.165) is 18.0 Å². The van der Waals surface area contributed by atoms with Crippen LogP contribution in [0, 0.1) is 0 Å². The molecule has 1 aliphatic carbocycles. The number of nitrogens with one attached hydrogen (secondary N) is 3. The molecule has 2 heterocycles. The van der Waals surface area contributed by atoms with Crippen LogP contribution < -0.4 is 21.9 Å². The number of hydrogen-bond donors (Lipinski definition) is 4. The summed E-state index contributed by atoms with van der Waals surface area (Å²) in [6, 6.07) is 0. The first-order valence-corrected chi connectivity index (χ1v) is 9.26. The summed E-state index contributed by atoms with van der Waals surface area (Å²) in [6.45, 7) is 4.98. The lowest BCUT2D eigenvalue weighted by Crippen LogP contribution is -2.29. The smallest absolute Gasteiger partial charge is 0.137 e. The molecule has 24 heavy (non-hydrogen) atoms. The van der Waals surface area contributed by atoms with Crippen LogP contribution in [0.1, 0.15) is 28.8 Å². The molecular formula is C17H22ClN5S. The first kappa shape index (κ1) is 17.2. The van der Waals surface area contributed by atoms with Gasteiger partial charge in [0.1, 0.15) is 17.5 Å². The van der Waals surface area contributed by atoms with Crippen LogP contribution in [0.2, 0.25) is 0 Å². The highest BCUT2D eigenvalue weighted by Gasteiger charge is 2.26. The number of nitrogens with zero attached hydrogens (tertiary/aromatic N) is 1. The Bertz CT molecular complexity index is 717. The average molecular weight is 364 g/mol. The van der Waals surface area contributed by atoms with Gasteiger partial charge in [-0.15, -0.1) is 11.3 Å². The second-order valence-corrected chi connectivity index (χ2v) is 7.17. The number of thiophene rings is 1. The van der Waals surface area contributed by atoms with Gasteiger partial charge in [0, 0.05) is 11.4 Å². The van der Waals surface area contributed by atoms with E-state index in [1.807, 2.05) is 17.4 Å². The van der Waals surface area contributed by atoms with Crippen LogP contribution >= 0.6 is 22.9 Å². The molecule has 2 aliphatic rings. The fraction of sp³-hybridized carbons (Fsp3) is 0.353. The highest BCUT2D eigenvalue weighted by molar-refractivity contribution is 7.16. The van der Waals surface area contributed by atoms with Crippen LogP contribution in [-0.2, 0) is 12.8 Å². The maximum Gasteiger partial charge on any atom is 0.137 e. The molecule has 0 saturated carbocycles. The highest BCUT2D eigenvalue weighted by atomic mass is 35.5. The summed E-state index contributed by atoms with van der Waals surface area (Å²) in [7, 11) is 0. The summed E-state index contributed by atoms with van der Waals surface area (Å²) in [6.07, 6.45) is 10.2. The molecule has 5 nitrogen and oxygen atoms in total. The van der Waals surface area contributed by atoms with Crippen molar-refractivity contribution in [2.75, 3.05) is 18.5 Å². The maximum absolute atomic E-state index is 6.37. The quantitative estimate of drug-likeness (QED) is 0.368. The number of halogens is 1. The van der Waals surface area contributed by atoms with Crippen LogP contribution in [0.25, 0.3) is 0 Å². The molecule has 3 rings (SSSR count). The molecule has 0 saturated heterocycles. The minimum atomic E-state index is 0.549. The number of anilines is 1. The van der Waals surface area contributed by atoms with E-state index in [1.54, 1.807) is 12.2 Å². The minimum absolute atomic E-state index is 0.549. The number of hydrogen-bond acceptors (Lipinski definition) is 6. The number of nitrogens with two attached hydrogens (primary N) is 1. The second-order valence-electron chi connectivity index (χ2n) is 5.66.